The van der Waals surface area contributed by atoms with Gasteiger partial charge in [0, 0.05) is 5.38 Å². The van der Waals surface area contributed by atoms with Crippen molar-refractivity contribution in [1.29, 1.82) is 0 Å². The molecule has 0 fully saturated rings. The van der Waals surface area contributed by atoms with Crippen LogP contribution in [0.15, 0.2) is 40.9 Å². The van der Waals surface area contributed by atoms with Crippen LogP contribution in [0.2, 0.25) is 0 Å². The second kappa shape index (κ2) is 7.90. The number of aromatic nitrogens is 1. The molecule has 120 valence electrons. The number of hydrogen-bond donors (Lipinski definition) is 2. The van der Waals surface area contributed by atoms with Gasteiger partial charge in [0.25, 0.3) is 11.8 Å². The fourth-order valence-electron chi connectivity index (χ4n) is 1.57. The molecule has 1 heterocycles. The van der Waals surface area contributed by atoms with Gasteiger partial charge in [-0.2, -0.15) is 0 Å². The van der Waals surface area contributed by atoms with Crippen LogP contribution in [0, 0.1) is 0 Å². The first-order valence-electron chi connectivity index (χ1n) is 6.44. The first-order chi connectivity index (χ1) is 11.1. The number of nitrogens with two attached hydrogens (primary N) is 1. The number of anilines is 1. The number of thiazole rings is 1. The highest BCUT2D eigenvalue weighted by atomic mass is 32.1. The molecule has 2 rings (SSSR count). The Morgan fingerprint density at radius 1 is 1.35 bits per heavy atom. The fraction of sp³-hybridized carbons (Fsp3) is 0.143. The van der Waals surface area contributed by atoms with Crippen molar-refractivity contribution in [2.45, 2.75) is 0 Å². The van der Waals surface area contributed by atoms with E-state index in [-0.39, 0.29) is 23.9 Å². The van der Waals surface area contributed by atoms with Crippen molar-refractivity contribution in [3.63, 3.8) is 0 Å². The lowest BCUT2D eigenvalue weighted by Gasteiger charge is -2.05. The lowest BCUT2D eigenvalue weighted by Crippen LogP contribution is -2.25. The number of rotatable bonds is 7. The second-order valence-electron chi connectivity index (χ2n) is 4.17. The predicted octanol–water partition coefficient (Wildman–Crippen LogP) is 0.996. The van der Waals surface area contributed by atoms with E-state index >= 15 is 0 Å². The van der Waals surface area contributed by atoms with Crippen molar-refractivity contribution in [3.8, 4) is 5.75 Å². The largest absolute Gasteiger partial charge is 0.484 e. The van der Waals surface area contributed by atoms with Gasteiger partial charge in [-0.15, -0.1) is 11.3 Å². The summed E-state index contributed by atoms with van der Waals surface area (Å²) in [7, 11) is 1.29. The molecule has 0 radical (unpaired) electrons. The molecule has 3 N–H and O–H groups in total. The van der Waals surface area contributed by atoms with Crippen molar-refractivity contribution in [2.75, 3.05) is 19.0 Å². The van der Waals surface area contributed by atoms with E-state index in [0.717, 1.165) is 11.3 Å². The van der Waals surface area contributed by atoms with Crippen molar-refractivity contribution in [3.05, 3.63) is 41.4 Å². The lowest BCUT2D eigenvalue weighted by atomic mass is 10.3. The minimum absolute atomic E-state index is 0.121. The molecule has 0 saturated heterocycles. The normalized spacial score (nSPS) is 10.9. The highest BCUT2D eigenvalue weighted by Crippen LogP contribution is 2.16. The van der Waals surface area contributed by atoms with Crippen molar-refractivity contribution < 1.29 is 19.2 Å². The molecule has 0 bridgehead atoms. The third-order valence-electron chi connectivity index (χ3n) is 2.52. The van der Waals surface area contributed by atoms with Crippen LogP contribution in [0.3, 0.4) is 0 Å². The van der Waals surface area contributed by atoms with E-state index < -0.39 is 5.91 Å². The third-order valence-corrected chi connectivity index (χ3v) is 3.28. The monoisotopic (exact) mass is 334 g/mol. The van der Waals surface area contributed by atoms with E-state index in [1.807, 2.05) is 6.07 Å². The molecule has 9 heteroatoms. The zero-order valence-electron chi connectivity index (χ0n) is 12.2. The number of amides is 2. The summed E-state index contributed by atoms with van der Waals surface area (Å²) in [4.78, 5) is 31.7. The van der Waals surface area contributed by atoms with E-state index in [1.165, 1.54) is 12.5 Å². The number of hydrogen-bond acceptors (Lipinski definition) is 7. The Balaban J connectivity index is 1.94. The average Bonchev–Trinajstić information content (AvgIpc) is 2.99. The van der Waals surface area contributed by atoms with E-state index in [1.54, 1.807) is 24.3 Å². The Bertz CT molecular complexity index is 715. The smallest absolute Gasteiger partial charge is 0.273 e. The van der Waals surface area contributed by atoms with Crippen LogP contribution < -0.4 is 15.8 Å². The van der Waals surface area contributed by atoms with Crippen LogP contribution in [0.5, 0.6) is 5.75 Å². The van der Waals surface area contributed by atoms with Crippen LogP contribution in [0.1, 0.15) is 5.69 Å². The number of carbonyl (C=O) groups excluding carboxylic acids is 2. The first kappa shape index (κ1) is 16.4. The van der Waals surface area contributed by atoms with Gasteiger partial charge in [0.2, 0.25) is 0 Å². The molecular weight excluding hydrogens is 320 g/mol. The van der Waals surface area contributed by atoms with Gasteiger partial charge in [0.1, 0.15) is 18.6 Å². The Morgan fingerprint density at radius 3 is 2.74 bits per heavy atom. The third kappa shape index (κ3) is 4.78. The summed E-state index contributed by atoms with van der Waals surface area (Å²) in [6.07, 6.45) is 0. The highest BCUT2D eigenvalue weighted by Gasteiger charge is 2.16. The van der Waals surface area contributed by atoms with Crippen molar-refractivity contribution in [1.82, 2.24) is 4.98 Å². The summed E-state index contributed by atoms with van der Waals surface area (Å²) in [5.74, 6) is -0.563. The molecule has 2 amide bonds. The van der Waals surface area contributed by atoms with Crippen LogP contribution >= 0.6 is 11.3 Å². The molecule has 0 aliphatic rings. The van der Waals surface area contributed by atoms with Gasteiger partial charge in [-0.1, -0.05) is 23.4 Å². The van der Waals surface area contributed by atoms with Crippen molar-refractivity contribution in [2.24, 2.45) is 10.9 Å². The number of benzene rings is 1. The summed E-state index contributed by atoms with van der Waals surface area (Å²) < 4.78 is 5.32. The van der Waals surface area contributed by atoms with E-state index in [4.69, 9.17) is 10.5 Å². The van der Waals surface area contributed by atoms with Crippen LogP contribution in [-0.2, 0) is 14.4 Å². The SMILES string of the molecule is CON=C(C(N)=O)c1csc(NC(=O)COc2ccccc2)n1. The standard InChI is InChI=1S/C14H14N4O4S/c1-21-18-12(13(15)20)10-8-23-14(16-10)17-11(19)7-22-9-5-3-2-4-6-9/h2-6,8H,7H2,1H3,(H2,15,20)(H,16,17,19). The number of nitrogens with one attached hydrogen (secondary N) is 1. The molecule has 23 heavy (non-hydrogen) atoms. The zero-order chi connectivity index (χ0) is 16.7. The molecule has 0 unspecified atom stereocenters. The van der Waals surface area contributed by atoms with Gasteiger partial charge in [-0.25, -0.2) is 4.98 Å². The number of oxime groups is 1. The zero-order valence-corrected chi connectivity index (χ0v) is 13.0. The first-order valence-corrected chi connectivity index (χ1v) is 7.32. The topological polar surface area (TPSA) is 116 Å². The molecule has 1 aromatic carbocycles. The van der Waals surface area contributed by atoms with Crippen LogP contribution in [0.4, 0.5) is 5.13 Å². The minimum atomic E-state index is -0.776. The molecular formula is C14H14N4O4S. The highest BCUT2D eigenvalue weighted by molar-refractivity contribution is 7.14. The molecule has 0 aliphatic carbocycles. The van der Waals surface area contributed by atoms with E-state index in [2.05, 4.69) is 20.3 Å². The van der Waals surface area contributed by atoms with Crippen molar-refractivity contribution >= 4 is 34.0 Å². The number of carbonyl (C=O) groups is 2. The average molecular weight is 334 g/mol. The maximum absolute atomic E-state index is 11.8. The molecule has 1 aromatic heterocycles. The molecule has 0 spiro atoms. The second-order valence-corrected chi connectivity index (χ2v) is 5.03. The van der Waals surface area contributed by atoms with E-state index in [9.17, 15) is 9.59 Å². The summed E-state index contributed by atoms with van der Waals surface area (Å²) in [5.41, 5.74) is 5.29. The molecule has 0 saturated carbocycles. The van der Waals surface area contributed by atoms with Gasteiger partial charge in [-0.05, 0) is 12.1 Å². The van der Waals surface area contributed by atoms with Gasteiger partial charge >= 0.3 is 0 Å². The van der Waals surface area contributed by atoms with E-state index in [0.29, 0.717) is 10.9 Å². The number of para-hydroxylation sites is 1. The quantitative estimate of drug-likeness (QED) is 0.579. The van der Waals surface area contributed by atoms with Gasteiger partial charge in [-0.3, -0.25) is 14.9 Å². The Kier molecular flexibility index (Phi) is 5.64. The fourth-order valence-corrected chi connectivity index (χ4v) is 2.28. The molecule has 0 atom stereocenters. The van der Waals surface area contributed by atoms with Crippen LogP contribution in [-0.4, -0.2) is 36.2 Å². The number of primary amides is 1. The lowest BCUT2D eigenvalue weighted by molar-refractivity contribution is -0.118. The summed E-state index contributed by atoms with van der Waals surface area (Å²) in [6, 6.07) is 8.95. The van der Waals surface area contributed by atoms with Gasteiger partial charge in [0.05, 0.1) is 0 Å². The molecule has 0 aliphatic heterocycles. The summed E-state index contributed by atoms with van der Waals surface area (Å²) in [5, 5.41) is 7.91. The number of ether oxygens (including phenoxy) is 1. The van der Waals surface area contributed by atoms with Crippen LogP contribution in [0.25, 0.3) is 0 Å². The molecule has 8 nitrogen and oxygen atoms in total. The number of nitrogens with zero attached hydrogens (tertiary/aromatic N) is 2. The minimum Gasteiger partial charge on any atom is -0.484 e. The molecule has 2 aromatic rings. The maximum atomic E-state index is 11.8. The van der Waals surface area contributed by atoms with Gasteiger partial charge < -0.3 is 15.3 Å². The van der Waals surface area contributed by atoms with Gasteiger partial charge in [0.15, 0.2) is 17.5 Å². The summed E-state index contributed by atoms with van der Waals surface area (Å²) >= 11 is 1.13. The Labute approximate surface area is 135 Å². The Hall–Kier alpha value is -2.94. The summed E-state index contributed by atoms with van der Waals surface area (Å²) in [6.45, 7) is -0.159. The maximum Gasteiger partial charge on any atom is 0.273 e. The predicted molar refractivity (Wildman–Crippen MR) is 85.4 cm³/mol. The Morgan fingerprint density at radius 2 is 2.09 bits per heavy atom.